The lowest BCUT2D eigenvalue weighted by atomic mass is 9.85. The topological polar surface area (TPSA) is 21.3 Å². The number of hydrogen-bond donors (Lipinski definition) is 1. The van der Waals surface area contributed by atoms with Gasteiger partial charge in [0.25, 0.3) is 0 Å². The van der Waals surface area contributed by atoms with Gasteiger partial charge in [-0.05, 0) is 5.92 Å². The number of nitrogens with one attached hydrogen (secondary N) is 1. The summed E-state index contributed by atoms with van der Waals surface area (Å²) in [7, 11) is 1.67. The lowest BCUT2D eigenvalue weighted by Crippen LogP contribution is -2.41. The van der Waals surface area contributed by atoms with Crippen LogP contribution >= 0.6 is 0 Å². The molecular weight excluding hydrogens is 138 g/mol. The van der Waals surface area contributed by atoms with Crippen molar-refractivity contribution in [1.29, 1.82) is 0 Å². The van der Waals surface area contributed by atoms with Crippen LogP contribution in [0.5, 0.6) is 0 Å². The highest BCUT2D eigenvalue weighted by atomic mass is 16.6. The van der Waals surface area contributed by atoms with Crippen molar-refractivity contribution in [3.05, 3.63) is 12.2 Å². The van der Waals surface area contributed by atoms with Crippen LogP contribution < -0.4 is 5.48 Å². The first-order valence-corrected chi connectivity index (χ1v) is 4.06. The van der Waals surface area contributed by atoms with Crippen LogP contribution in [-0.4, -0.2) is 13.2 Å². The Morgan fingerprint density at radius 2 is 2.09 bits per heavy atom. The molecule has 1 aliphatic carbocycles. The fourth-order valence-corrected chi connectivity index (χ4v) is 1.68. The minimum atomic E-state index is 0.218. The molecule has 0 aromatic heterocycles. The van der Waals surface area contributed by atoms with Crippen molar-refractivity contribution in [3.8, 4) is 0 Å². The Bertz CT molecular complexity index is 163. The van der Waals surface area contributed by atoms with Crippen molar-refractivity contribution in [2.24, 2.45) is 11.3 Å². The summed E-state index contributed by atoms with van der Waals surface area (Å²) in [6.07, 6.45) is 4.48. The minimum absolute atomic E-state index is 0.218. The normalized spacial score (nSPS) is 34.5. The zero-order valence-electron chi connectivity index (χ0n) is 7.72. The molecule has 0 bridgehead atoms. The van der Waals surface area contributed by atoms with Gasteiger partial charge in [-0.25, -0.2) is 0 Å². The van der Waals surface area contributed by atoms with Crippen LogP contribution in [0.15, 0.2) is 12.2 Å². The van der Waals surface area contributed by atoms with Gasteiger partial charge in [-0.3, -0.25) is 0 Å². The predicted molar refractivity (Wildman–Crippen MR) is 46.0 cm³/mol. The van der Waals surface area contributed by atoms with Crippen LogP contribution in [0.25, 0.3) is 0 Å². The molecule has 1 aliphatic rings. The number of hydrogen-bond acceptors (Lipinski definition) is 2. The van der Waals surface area contributed by atoms with E-state index in [1.165, 1.54) is 0 Å². The lowest BCUT2D eigenvalue weighted by molar-refractivity contribution is 0.0244. The van der Waals surface area contributed by atoms with Crippen LogP contribution in [0, 0.1) is 11.3 Å². The van der Waals surface area contributed by atoms with E-state index in [4.69, 9.17) is 4.84 Å². The molecule has 0 aliphatic heterocycles. The smallest absolute Gasteiger partial charge is 0.0572 e. The molecule has 0 amide bonds. The SMILES string of the molecule is CONC1C(C)C=CC1(C)C. The molecule has 2 heteroatoms. The van der Waals surface area contributed by atoms with Gasteiger partial charge in [-0.1, -0.05) is 32.9 Å². The molecule has 2 atom stereocenters. The summed E-state index contributed by atoms with van der Waals surface area (Å²) in [5.41, 5.74) is 3.24. The zero-order valence-corrected chi connectivity index (χ0v) is 7.72. The third-order valence-electron chi connectivity index (χ3n) is 2.40. The predicted octanol–water partition coefficient (Wildman–Crippen LogP) is 1.74. The number of hydroxylamine groups is 1. The van der Waals surface area contributed by atoms with Gasteiger partial charge in [0.15, 0.2) is 0 Å². The van der Waals surface area contributed by atoms with Gasteiger partial charge in [0, 0.05) is 11.5 Å². The molecule has 2 unspecified atom stereocenters. The first-order valence-electron chi connectivity index (χ1n) is 4.06. The molecule has 0 aromatic rings. The summed E-state index contributed by atoms with van der Waals surface area (Å²) in [6, 6.07) is 0.410. The van der Waals surface area contributed by atoms with Gasteiger partial charge in [0.1, 0.15) is 0 Å². The summed E-state index contributed by atoms with van der Waals surface area (Å²) in [4.78, 5) is 4.94. The van der Waals surface area contributed by atoms with E-state index in [0.29, 0.717) is 12.0 Å². The number of rotatable bonds is 2. The van der Waals surface area contributed by atoms with Gasteiger partial charge in [-0.2, -0.15) is 5.48 Å². The van der Waals surface area contributed by atoms with E-state index in [0.717, 1.165) is 0 Å². The van der Waals surface area contributed by atoms with Crippen molar-refractivity contribution in [2.45, 2.75) is 26.8 Å². The van der Waals surface area contributed by atoms with Gasteiger partial charge in [0.05, 0.1) is 7.11 Å². The quantitative estimate of drug-likeness (QED) is 0.484. The average Bonchev–Trinajstić information content (AvgIpc) is 2.16. The first-order chi connectivity index (χ1) is 5.08. The van der Waals surface area contributed by atoms with Crippen LogP contribution in [0.2, 0.25) is 0 Å². The Hall–Kier alpha value is -0.340. The standard InChI is InChI=1S/C9H17NO/c1-7-5-6-9(2,3)8(7)10-11-4/h5-8,10H,1-4H3. The molecule has 0 saturated heterocycles. The average molecular weight is 155 g/mol. The van der Waals surface area contributed by atoms with Crippen LogP contribution in [0.4, 0.5) is 0 Å². The Kier molecular flexibility index (Phi) is 2.35. The molecule has 0 aromatic carbocycles. The van der Waals surface area contributed by atoms with E-state index in [1.807, 2.05) is 0 Å². The fraction of sp³-hybridized carbons (Fsp3) is 0.778. The molecule has 64 valence electrons. The molecule has 0 heterocycles. The second-order valence-corrected chi connectivity index (χ2v) is 3.84. The Labute approximate surface area is 68.6 Å². The zero-order chi connectivity index (χ0) is 8.48. The molecule has 0 radical (unpaired) electrons. The molecule has 11 heavy (non-hydrogen) atoms. The highest BCUT2D eigenvalue weighted by molar-refractivity contribution is 5.13. The van der Waals surface area contributed by atoms with Crippen molar-refractivity contribution >= 4 is 0 Å². The van der Waals surface area contributed by atoms with E-state index in [2.05, 4.69) is 38.4 Å². The third kappa shape index (κ3) is 1.63. The van der Waals surface area contributed by atoms with Crippen LogP contribution in [-0.2, 0) is 4.84 Å². The summed E-state index contributed by atoms with van der Waals surface area (Å²) >= 11 is 0. The summed E-state index contributed by atoms with van der Waals surface area (Å²) in [6.45, 7) is 6.62. The maximum atomic E-state index is 4.94. The van der Waals surface area contributed by atoms with Gasteiger partial charge in [0.2, 0.25) is 0 Å². The molecule has 1 rings (SSSR count). The molecular formula is C9H17NO. The van der Waals surface area contributed by atoms with Gasteiger partial charge < -0.3 is 4.84 Å². The fourth-order valence-electron chi connectivity index (χ4n) is 1.68. The van der Waals surface area contributed by atoms with Crippen molar-refractivity contribution in [2.75, 3.05) is 7.11 Å². The Balaban J connectivity index is 2.63. The second-order valence-electron chi connectivity index (χ2n) is 3.84. The molecule has 0 saturated carbocycles. The highest BCUT2D eigenvalue weighted by Crippen LogP contribution is 2.34. The monoisotopic (exact) mass is 155 g/mol. The lowest BCUT2D eigenvalue weighted by Gasteiger charge is -2.29. The molecule has 2 nitrogen and oxygen atoms in total. The van der Waals surface area contributed by atoms with Crippen LogP contribution in [0.3, 0.4) is 0 Å². The second kappa shape index (κ2) is 2.95. The Morgan fingerprint density at radius 1 is 1.45 bits per heavy atom. The highest BCUT2D eigenvalue weighted by Gasteiger charge is 2.35. The third-order valence-corrected chi connectivity index (χ3v) is 2.40. The largest absolute Gasteiger partial charge is 0.305 e. The van der Waals surface area contributed by atoms with Crippen molar-refractivity contribution in [3.63, 3.8) is 0 Å². The van der Waals surface area contributed by atoms with E-state index < -0.39 is 0 Å². The molecule has 0 fully saturated rings. The van der Waals surface area contributed by atoms with E-state index >= 15 is 0 Å². The summed E-state index contributed by atoms with van der Waals surface area (Å²) < 4.78 is 0. The van der Waals surface area contributed by atoms with Crippen LogP contribution in [0.1, 0.15) is 20.8 Å². The van der Waals surface area contributed by atoms with E-state index in [9.17, 15) is 0 Å². The van der Waals surface area contributed by atoms with Gasteiger partial charge in [-0.15, -0.1) is 0 Å². The first kappa shape index (κ1) is 8.75. The van der Waals surface area contributed by atoms with E-state index in [-0.39, 0.29) is 5.41 Å². The van der Waals surface area contributed by atoms with E-state index in [1.54, 1.807) is 7.11 Å². The molecule has 0 spiro atoms. The molecule has 1 N–H and O–H groups in total. The maximum absolute atomic E-state index is 4.94. The van der Waals surface area contributed by atoms with Gasteiger partial charge >= 0.3 is 0 Å². The summed E-state index contributed by atoms with van der Waals surface area (Å²) in [5.74, 6) is 0.560. The Morgan fingerprint density at radius 3 is 2.45 bits per heavy atom. The summed E-state index contributed by atoms with van der Waals surface area (Å²) in [5, 5.41) is 0. The maximum Gasteiger partial charge on any atom is 0.0572 e. The minimum Gasteiger partial charge on any atom is -0.305 e. The van der Waals surface area contributed by atoms with Crippen molar-refractivity contribution < 1.29 is 4.84 Å². The van der Waals surface area contributed by atoms with Crippen molar-refractivity contribution in [1.82, 2.24) is 5.48 Å².